The molecular weight excluding hydrogens is 276 g/mol. The molecule has 0 N–H and O–H groups in total. The average molecular weight is 296 g/mol. The molecule has 0 bridgehead atoms. The molecule has 3 rings (SSSR count). The Labute approximate surface area is 130 Å². The number of hydrogen-bond donors (Lipinski definition) is 0. The molecule has 0 amide bonds. The Morgan fingerprint density at radius 3 is 2.95 bits per heavy atom. The number of rotatable bonds is 5. The van der Waals surface area contributed by atoms with Crippen molar-refractivity contribution in [1.82, 2.24) is 9.88 Å². The first kappa shape index (κ1) is 14.7. The monoisotopic (exact) mass is 296 g/mol. The van der Waals surface area contributed by atoms with Crippen molar-refractivity contribution in [2.24, 2.45) is 0 Å². The first-order valence-corrected chi connectivity index (χ1v) is 7.62. The second-order valence-electron chi connectivity index (χ2n) is 5.69. The summed E-state index contributed by atoms with van der Waals surface area (Å²) in [5, 5.41) is 0. The number of pyridine rings is 1. The van der Waals surface area contributed by atoms with Gasteiger partial charge in [-0.05, 0) is 38.6 Å². The third-order valence-electron chi connectivity index (χ3n) is 4.14. The van der Waals surface area contributed by atoms with Crippen LogP contribution in [-0.2, 0) is 0 Å². The first-order chi connectivity index (χ1) is 10.8. The van der Waals surface area contributed by atoms with E-state index >= 15 is 0 Å². The van der Waals surface area contributed by atoms with Gasteiger partial charge in [0.1, 0.15) is 12.9 Å². The van der Waals surface area contributed by atoms with Crippen molar-refractivity contribution in [3.63, 3.8) is 0 Å². The molecule has 0 spiro atoms. The van der Waals surface area contributed by atoms with Crippen LogP contribution in [0.5, 0.6) is 5.88 Å². The van der Waals surface area contributed by atoms with Crippen molar-refractivity contribution >= 4 is 6.29 Å². The Bertz CT molecular complexity index is 657. The molecule has 4 heteroatoms. The van der Waals surface area contributed by atoms with Gasteiger partial charge in [-0.3, -0.25) is 4.79 Å². The lowest BCUT2D eigenvalue weighted by atomic mass is 10.1. The summed E-state index contributed by atoms with van der Waals surface area (Å²) < 4.78 is 5.86. The lowest BCUT2D eigenvalue weighted by Crippen LogP contribution is -2.30. The Morgan fingerprint density at radius 1 is 1.32 bits per heavy atom. The maximum Gasteiger partial charge on any atom is 0.213 e. The molecular formula is C18H20N2O2. The van der Waals surface area contributed by atoms with Crippen LogP contribution in [0, 0.1) is 0 Å². The van der Waals surface area contributed by atoms with Gasteiger partial charge in [0.25, 0.3) is 0 Å². The van der Waals surface area contributed by atoms with Gasteiger partial charge in [-0.15, -0.1) is 0 Å². The number of ether oxygens (including phenoxy) is 1. The van der Waals surface area contributed by atoms with E-state index in [1.54, 1.807) is 6.07 Å². The quantitative estimate of drug-likeness (QED) is 0.795. The molecule has 0 saturated carbocycles. The molecule has 1 atom stereocenters. The van der Waals surface area contributed by atoms with Crippen LogP contribution in [0.4, 0.5) is 0 Å². The molecule has 22 heavy (non-hydrogen) atoms. The molecule has 1 aliphatic heterocycles. The molecule has 1 aromatic heterocycles. The van der Waals surface area contributed by atoms with E-state index in [-0.39, 0.29) is 0 Å². The highest BCUT2D eigenvalue weighted by atomic mass is 16.5. The van der Waals surface area contributed by atoms with E-state index < -0.39 is 0 Å². The second-order valence-corrected chi connectivity index (χ2v) is 5.69. The van der Waals surface area contributed by atoms with E-state index in [0.717, 1.165) is 24.1 Å². The van der Waals surface area contributed by atoms with Crippen LogP contribution in [0.3, 0.4) is 0 Å². The first-order valence-electron chi connectivity index (χ1n) is 7.62. The minimum atomic E-state index is 0.476. The molecule has 4 nitrogen and oxygen atoms in total. The summed E-state index contributed by atoms with van der Waals surface area (Å²) in [6.07, 6.45) is 3.26. The predicted molar refractivity (Wildman–Crippen MR) is 86.2 cm³/mol. The van der Waals surface area contributed by atoms with Gasteiger partial charge in [0.15, 0.2) is 0 Å². The molecule has 1 fully saturated rings. The summed E-state index contributed by atoms with van der Waals surface area (Å²) >= 11 is 0. The Morgan fingerprint density at radius 2 is 2.18 bits per heavy atom. The van der Waals surface area contributed by atoms with Crippen molar-refractivity contribution in [3.05, 3.63) is 48.0 Å². The molecule has 0 unspecified atom stereocenters. The van der Waals surface area contributed by atoms with E-state index in [4.69, 9.17) is 4.74 Å². The van der Waals surface area contributed by atoms with Crippen molar-refractivity contribution in [1.29, 1.82) is 0 Å². The van der Waals surface area contributed by atoms with Crippen molar-refractivity contribution in [2.45, 2.75) is 18.9 Å². The highest BCUT2D eigenvalue weighted by Crippen LogP contribution is 2.21. The second kappa shape index (κ2) is 6.71. The molecule has 1 aliphatic rings. The maximum absolute atomic E-state index is 10.9. The largest absolute Gasteiger partial charge is 0.476 e. The number of carbonyl (C=O) groups is 1. The van der Waals surface area contributed by atoms with E-state index in [9.17, 15) is 4.79 Å². The van der Waals surface area contributed by atoms with Crippen LogP contribution in [0.15, 0.2) is 42.5 Å². The van der Waals surface area contributed by atoms with E-state index in [2.05, 4.69) is 16.9 Å². The minimum Gasteiger partial charge on any atom is -0.476 e. The third-order valence-corrected chi connectivity index (χ3v) is 4.14. The summed E-state index contributed by atoms with van der Waals surface area (Å²) in [4.78, 5) is 17.8. The number of carbonyl (C=O) groups excluding carboxylic acids is 1. The number of hydrogen-bond acceptors (Lipinski definition) is 4. The molecule has 2 aromatic rings. The van der Waals surface area contributed by atoms with Crippen LogP contribution < -0.4 is 4.74 Å². The molecule has 2 heterocycles. The fourth-order valence-corrected chi connectivity index (χ4v) is 2.80. The summed E-state index contributed by atoms with van der Waals surface area (Å²) in [5.74, 6) is 0.634. The Hall–Kier alpha value is -2.20. The topological polar surface area (TPSA) is 42.4 Å². The maximum atomic E-state index is 10.9. The number of likely N-dealkylation sites (N-methyl/N-ethyl adjacent to an activating group) is 1. The average Bonchev–Trinajstić information content (AvgIpc) is 2.98. The van der Waals surface area contributed by atoms with Gasteiger partial charge in [0.05, 0.1) is 5.69 Å². The third kappa shape index (κ3) is 3.34. The zero-order valence-corrected chi connectivity index (χ0v) is 12.7. The SMILES string of the molecule is CN1CCC[C@H]1COc1cccc(-c2cccc(C=O)c2)n1. The van der Waals surface area contributed by atoms with Crippen LogP contribution in [0.1, 0.15) is 23.2 Å². The molecule has 1 saturated heterocycles. The van der Waals surface area contributed by atoms with E-state index in [1.807, 2.05) is 36.4 Å². The highest BCUT2D eigenvalue weighted by Gasteiger charge is 2.21. The zero-order valence-electron chi connectivity index (χ0n) is 12.7. The summed E-state index contributed by atoms with van der Waals surface area (Å²) in [5.41, 5.74) is 2.40. The van der Waals surface area contributed by atoms with Gasteiger partial charge < -0.3 is 9.64 Å². The number of likely N-dealkylation sites (tertiary alicyclic amines) is 1. The standard InChI is InChI=1S/C18H20N2O2/c1-20-10-4-7-16(20)13-22-18-9-3-8-17(19-18)15-6-2-5-14(11-15)12-21/h2-3,5-6,8-9,11-12,16H,4,7,10,13H2,1H3/t16-/m0/s1. The van der Waals surface area contributed by atoms with E-state index in [0.29, 0.717) is 24.1 Å². The lowest BCUT2D eigenvalue weighted by molar-refractivity contribution is 0.112. The van der Waals surface area contributed by atoms with Crippen molar-refractivity contribution in [3.8, 4) is 17.1 Å². The molecule has 0 radical (unpaired) electrons. The normalized spacial score (nSPS) is 18.3. The fourth-order valence-electron chi connectivity index (χ4n) is 2.80. The van der Waals surface area contributed by atoms with Gasteiger partial charge in [-0.25, -0.2) is 4.98 Å². The summed E-state index contributed by atoms with van der Waals surface area (Å²) in [6, 6.07) is 13.6. The van der Waals surface area contributed by atoms with Gasteiger partial charge >= 0.3 is 0 Å². The molecule has 1 aromatic carbocycles. The van der Waals surface area contributed by atoms with Gasteiger partial charge in [-0.1, -0.05) is 24.3 Å². The van der Waals surface area contributed by atoms with Crippen LogP contribution in [0.2, 0.25) is 0 Å². The van der Waals surface area contributed by atoms with E-state index in [1.165, 1.54) is 12.8 Å². The molecule has 114 valence electrons. The summed E-state index contributed by atoms with van der Waals surface area (Å²) in [6.45, 7) is 1.81. The smallest absolute Gasteiger partial charge is 0.213 e. The zero-order chi connectivity index (χ0) is 15.4. The number of aromatic nitrogens is 1. The lowest BCUT2D eigenvalue weighted by Gasteiger charge is -2.19. The van der Waals surface area contributed by atoms with Crippen LogP contribution >= 0.6 is 0 Å². The summed E-state index contributed by atoms with van der Waals surface area (Å²) in [7, 11) is 2.13. The van der Waals surface area contributed by atoms with Gasteiger partial charge in [0, 0.05) is 23.2 Å². The highest BCUT2D eigenvalue weighted by molar-refractivity contribution is 5.78. The Balaban J connectivity index is 1.73. The van der Waals surface area contributed by atoms with Crippen LogP contribution in [-0.4, -0.2) is 42.4 Å². The van der Waals surface area contributed by atoms with Crippen molar-refractivity contribution < 1.29 is 9.53 Å². The Kier molecular flexibility index (Phi) is 4.49. The minimum absolute atomic E-state index is 0.476. The van der Waals surface area contributed by atoms with Crippen molar-refractivity contribution in [2.75, 3.05) is 20.2 Å². The number of nitrogens with zero attached hydrogens (tertiary/aromatic N) is 2. The number of aldehydes is 1. The van der Waals surface area contributed by atoms with Gasteiger partial charge in [0.2, 0.25) is 5.88 Å². The van der Waals surface area contributed by atoms with Gasteiger partial charge in [-0.2, -0.15) is 0 Å². The predicted octanol–water partition coefficient (Wildman–Crippen LogP) is 3.03. The fraction of sp³-hybridized carbons (Fsp3) is 0.333. The van der Waals surface area contributed by atoms with Crippen LogP contribution in [0.25, 0.3) is 11.3 Å². The molecule has 0 aliphatic carbocycles. The number of benzene rings is 1.